The van der Waals surface area contributed by atoms with E-state index in [1.165, 1.54) is 0 Å². The van der Waals surface area contributed by atoms with Crippen molar-refractivity contribution in [2.45, 2.75) is 32.9 Å². The lowest BCUT2D eigenvalue weighted by Crippen LogP contribution is -2.38. The minimum absolute atomic E-state index is 0.242. The van der Waals surface area contributed by atoms with Crippen LogP contribution in [-0.2, 0) is 11.4 Å². The van der Waals surface area contributed by atoms with Gasteiger partial charge in [-0.1, -0.05) is 35.9 Å². The van der Waals surface area contributed by atoms with Crippen molar-refractivity contribution in [2.75, 3.05) is 11.6 Å². The van der Waals surface area contributed by atoms with E-state index in [4.69, 9.17) is 21.4 Å². The molecule has 9 heteroatoms. The standard InChI is InChI=1S/C28H28ClN5O3/c1-18-7-11-25(21-9-10-22(23(29)15-21)27(36)33-37-28(2,3)17-35)32-26(18)34(30-4)16-19-8-12-24-20(14-19)6-5-13-31-24/h5-15,35H,4,16-17H2,1-3H3,(H,33,36). The van der Waals surface area contributed by atoms with Crippen LogP contribution in [0, 0.1) is 6.92 Å². The number of carbonyl (C=O) groups is 1. The van der Waals surface area contributed by atoms with Crippen LogP contribution in [0.4, 0.5) is 5.82 Å². The Hall–Kier alpha value is -3.85. The average molecular weight is 518 g/mol. The third kappa shape index (κ3) is 6.11. The van der Waals surface area contributed by atoms with Crippen molar-refractivity contribution in [3.8, 4) is 11.3 Å². The van der Waals surface area contributed by atoms with Crippen LogP contribution in [0.25, 0.3) is 22.2 Å². The van der Waals surface area contributed by atoms with Crippen molar-refractivity contribution in [2.24, 2.45) is 5.10 Å². The number of nitrogens with zero attached hydrogens (tertiary/aromatic N) is 4. The van der Waals surface area contributed by atoms with E-state index in [0.717, 1.165) is 27.6 Å². The Labute approximate surface area is 220 Å². The normalized spacial score (nSPS) is 11.4. The van der Waals surface area contributed by atoms with Gasteiger partial charge in [0.25, 0.3) is 5.91 Å². The van der Waals surface area contributed by atoms with Crippen LogP contribution in [0.3, 0.4) is 0 Å². The quantitative estimate of drug-likeness (QED) is 0.230. The van der Waals surface area contributed by atoms with E-state index in [1.54, 1.807) is 43.3 Å². The molecule has 0 aliphatic heterocycles. The number of amides is 1. The molecule has 2 aromatic heterocycles. The van der Waals surface area contributed by atoms with Crippen molar-refractivity contribution >= 4 is 40.9 Å². The molecular formula is C28H28ClN5O3. The number of nitrogens with one attached hydrogen (secondary N) is 1. The average Bonchev–Trinajstić information content (AvgIpc) is 2.90. The first-order valence-electron chi connectivity index (χ1n) is 11.7. The molecule has 0 saturated heterocycles. The third-order valence-electron chi connectivity index (χ3n) is 5.80. The summed E-state index contributed by atoms with van der Waals surface area (Å²) in [4.78, 5) is 27.0. The smallest absolute Gasteiger partial charge is 0.276 e. The number of hydroxylamine groups is 1. The van der Waals surface area contributed by atoms with Crippen molar-refractivity contribution in [3.63, 3.8) is 0 Å². The Morgan fingerprint density at radius 2 is 2.00 bits per heavy atom. The molecule has 37 heavy (non-hydrogen) atoms. The highest BCUT2D eigenvalue weighted by Crippen LogP contribution is 2.29. The predicted octanol–water partition coefficient (Wildman–Crippen LogP) is 5.31. The Bertz CT molecular complexity index is 1460. The second kappa shape index (κ2) is 11.0. The second-order valence-corrected chi connectivity index (χ2v) is 9.62. The maximum Gasteiger partial charge on any atom is 0.276 e. The number of anilines is 1. The van der Waals surface area contributed by atoms with Gasteiger partial charge in [0.2, 0.25) is 0 Å². The molecule has 8 nitrogen and oxygen atoms in total. The fourth-order valence-electron chi connectivity index (χ4n) is 3.66. The summed E-state index contributed by atoms with van der Waals surface area (Å²) in [5.41, 5.74) is 5.97. The van der Waals surface area contributed by atoms with Crippen molar-refractivity contribution < 1.29 is 14.7 Å². The van der Waals surface area contributed by atoms with E-state index in [1.807, 2.05) is 43.3 Å². The number of aryl methyl sites for hydroxylation is 1. The number of rotatable bonds is 9. The fraction of sp³-hybridized carbons (Fsp3) is 0.214. The monoisotopic (exact) mass is 517 g/mol. The first-order valence-corrected chi connectivity index (χ1v) is 12.0. The fourth-order valence-corrected chi connectivity index (χ4v) is 3.92. The lowest BCUT2D eigenvalue weighted by atomic mass is 10.1. The lowest BCUT2D eigenvalue weighted by molar-refractivity contribution is -0.0956. The Morgan fingerprint density at radius 3 is 2.73 bits per heavy atom. The molecule has 0 fully saturated rings. The molecule has 0 atom stereocenters. The van der Waals surface area contributed by atoms with Gasteiger partial charge in [-0.05, 0) is 68.3 Å². The first-order chi connectivity index (χ1) is 17.7. The number of aliphatic hydroxyl groups is 1. The van der Waals surface area contributed by atoms with Crippen molar-refractivity contribution in [1.82, 2.24) is 15.4 Å². The van der Waals surface area contributed by atoms with Crippen LogP contribution in [0.5, 0.6) is 0 Å². The summed E-state index contributed by atoms with van der Waals surface area (Å²) in [5, 5.41) is 16.6. The van der Waals surface area contributed by atoms with E-state index >= 15 is 0 Å². The highest BCUT2D eigenvalue weighted by Gasteiger charge is 2.21. The number of hydrogen-bond donors (Lipinski definition) is 2. The molecule has 0 aliphatic carbocycles. The summed E-state index contributed by atoms with van der Waals surface area (Å²) in [7, 11) is 0. The van der Waals surface area contributed by atoms with Crippen LogP contribution in [0.1, 0.15) is 35.3 Å². The highest BCUT2D eigenvalue weighted by molar-refractivity contribution is 6.34. The Morgan fingerprint density at radius 1 is 1.19 bits per heavy atom. The lowest BCUT2D eigenvalue weighted by Gasteiger charge is -2.22. The predicted molar refractivity (Wildman–Crippen MR) is 147 cm³/mol. The molecular weight excluding hydrogens is 490 g/mol. The van der Waals surface area contributed by atoms with Gasteiger partial charge >= 0.3 is 0 Å². The topological polar surface area (TPSA) is 99.9 Å². The van der Waals surface area contributed by atoms with Crippen LogP contribution in [0.15, 0.2) is 72.0 Å². The van der Waals surface area contributed by atoms with Gasteiger partial charge in [0, 0.05) is 23.9 Å². The van der Waals surface area contributed by atoms with Gasteiger partial charge in [-0.15, -0.1) is 0 Å². The van der Waals surface area contributed by atoms with Gasteiger partial charge in [0.05, 0.1) is 34.9 Å². The zero-order chi connectivity index (χ0) is 26.6. The van der Waals surface area contributed by atoms with Gasteiger partial charge in [0.1, 0.15) is 5.60 Å². The molecule has 0 radical (unpaired) electrons. The summed E-state index contributed by atoms with van der Waals surface area (Å²) < 4.78 is 0. The summed E-state index contributed by atoms with van der Waals surface area (Å²) in [5.74, 6) is 0.152. The van der Waals surface area contributed by atoms with Crippen molar-refractivity contribution in [1.29, 1.82) is 0 Å². The van der Waals surface area contributed by atoms with Crippen LogP contribution >= 0.6 is 11.6 Å². The summed E-state index contributed by atoms with van der Waals surface area (Å²) in [6, 6.07) is 18.9. The molecule has 4 aromatic rings. The minimum Gasteiger partial charge on any atom is -0.393 e. The Balaban J connectivity index is 1.57. The number of hydrazone groups is 1. The van der Waals surface area contributed by atoms with Crippen LogP contribution in [0.2, 0.25) is 5.02 Å². The van der Waals surface area contributed by atoms with Crippen LogP contribution in [-0.4, -0.2) is 39.9 Å². The van der Waals surface area contributed by atoms with Gasteiger partial charge in [-0.3, -0.25) is 14.6 Å². The minimum atomic E-state index is -0.918. The molecule has 0 aliphatic rings. The third-order valence-corrected chi connectivity index (χ3v) is 6.11. The van der Waals surface area contributed by atoms with Crippen LogP contribution < -0.4 is 10.5 Å². The zero-order valence-electron chi connectivity index (χ0n) is 20.9. The second-order valence-electron chi connectivity index (χ2n) is 9.21. The maximum absolute atomic E-state index is 12.5. The molecule has 0 unspecified atom stereocenters. The Kier molecular flexibility index (Phi) is 7.83. The highest BCUT2D eigenvalue weighted by atomic mass is 35.5. The van der Waals surface area contributed by atoms with E-state index in [2.05, 4.69) is 28.3 Å². The SMILES string of the molecule is C=NN(Cc1ccc2ncccc2c1)c1nc(-c2ccc(C(=O)NOC(C)(C)CO)c(Cl)c2)ccc1C. The molecule has 0 bridgehead atoms. The summed E-state index contributed by atoms with van der Waals surface area (Å²) in [6.07, 6.45) is 1.77. The number of benzene rings is 2. The number of aliphatic hydroxyl groups excluding tert-OH is 1. The number of carbonyl (C=O) groups excluding carboxylic acids is 1. The van der Waals surface area contributed by atoms with Gasteiger partial charge < -0.3 is 5.11 Å². The van der Waals surface area contributed by atoms with E-state index < -0.39 is 11.5 Å². The van der Waals surface area contributed by atoms with Gasteiger partial charge in [0.15, 0.2) is 5.82 Å². The zero-order valence-corrected chi connectivity index (χ0v) is 21.7. The molecule has 2 N–H and O–H groups in total. The molecule has 2 aromatic carbocycles. The molecule has 4 rings (SSSR count). The summed E-state index contributed by atoms with van der Waals surface area (Å²) in [6.45, 7) is 9.24. The number of halogens is 1. The van der Waals surface area contributed by atoms with E-state index in [0.29, 0.717) is 18.1 Å². The number of hydrogen-bond acceptors (Lipinski definition) is 7. The molecule has 0 spiro atoms. The van der Waals surface area contributed by atoms with Gasteiger partial charge in [-0.2, -0.15) is 5.10 Å². The van der Waals surface area contributed by atoms with Gasteiger partial charge in [-0.25, -0.2) is 15.5 Å². The largest absolute Gasteiger partial charge is 0.393 e. The molecule has 2 heterocycles. The number of pyridine rings is 2. The first kappa shape index (κ1) is 26.2. The molecule has 1 amide bonds. The molecule has 190 valence electrons. The van der Waals surface area contributed by atoms with Crippen molar-refractivity contribution in [3.05, 3.63) is 88.6 Å². The molecule has 0 saturated carbocycles. The number of aromatic nitrogens is 2. The summed E-state index contributed by atoms with van der Waals surface area (Å²) >= 11 is 6.44. The maximum atomic E-state index is 12.5. The van der Waals surface area contributed by atoms with E-state index in [9.17, 15) is 9.90 Å². The van der Waals surface area contributed by atoms with E-state index in [-0.39, 0.29) is 17.2 Å². The number of fused-ring (bicyclic) bond motifs is 1.